The predicted molar refractivity (Wildman–Crippen MR) is 93.4 cm³/mol. The Morgan fingerprint density at radius 3 is 2.50 bits per heavy atom. The molecule has 1 fully saturated rings. The Bertz CT molecular complexity index is 685. The van der Waals surface area contributed by atoms with Crippen LogP contribution in [-0.4, -0.2) is 37.2 Å². The highest BCUT2D eigenvalue weighted by atomic mass is 35.5. The number of hydrogen-bond acceptors (Lipinski definition) is 5. The molecule has 0 bridgehead atoms. The first-order valence-electron chi connectivity index (χ1n) is 7.96. The molecule has 128 valence electrons. The minimum absolute atomic E-state index is 0.541. The molecule has 5 nitrogen and oxygen atoms in total. The largest absolute Gasteiger partial charge is 0.496 e. The molecule has 0 radical (unpaired) electrons. The van der Waals surface area contributed by atoms with Crippen molar-refractivity contribution in [1.29, 1.82) is 0 Å². The van der Waals surface area contributed by atoms with Crippen LogP contribution in [0, 0.1) is 0 Å². The Labute approximate surface area is 147 Å². The first-order valence-corrected chi connectivity index (χ1v) is 8.34. The van der Waals surface area contributed by atoms with Gasteiger partial charge in [-0.15, -0.1) is 0 Å². The first kappa shape index (κ1) is 16.9. The zero-order valence-corrected chi connectivity index (χ0v) is 14.7. The summed E-state index contributed by atoms with van der Waals surface area (Å²) >= 11 is 6.48. The van der Waals surface area contributed by atoms with Crippen molar-refractivity contribution >= 4 is 11.6 Å². The Morgan fingerprint density at radius 1 is 1.08 bits per heavy atom. The van der Waals surface area contributed by atoms with Gasteiger partial charge in [0.05, 0.1) is 25.4 Å². The molecule has 0 amide bonds. The van der Waals surface area contributed by atoms with Crippen LogP contribution >= 0.6 is 11.6 Å². The van der Waals surface area contributed by atoms with Crippen molar-refractivity contribution in [1.82, 2.24) is 9.88 Å². The number of rotatable bonds is 6. The van der Waals surface area contributed by atoms with Crippen molar-refractivity contribution < 1.29 is 14.2 Å². The average molecular weight is 349 g/mol. The minimum atomic E-state index is 0.541. The second-order valence-electron chi connectivity index (χ2n) is 5.71. The zero-order valence-electron chi connectivity index (χ0n) is 13.9. The summed E-state index contributed by atoms with van der Waals surface area (Å²) in [5, 5.41) is 0.651. The summed E-state index contributed by atoms with van der Waals surface area (Å²) in [4.78, 5) is 6.51. The van der Waals surface area contributed by atoms with E-state index in [4.69, 9.17) is 25.8 Å². The van der Waals surface area contributed by atoms with E-state index in [0.29, 0.717) is 22.4 Å². The molecule has 2 aromatic rings. The average Bonchev–Trinajstić information content (AvgIpc) is 3.11. The SMILES string of the molecule is COc1ccc(Oc2cc(Cl)c(CN3CCCC3)c(OC)c2)cn1. The normalized spacial score (nSPS) is 14.6. The fourth-order valence-electron chi connectivity index (χ4n) is 2.83. The number of nitrogens with zero attached hydrogens (tertiary/aromatic N) is 2. The van der Waals surface area contributed by atoms with Crippen LogP contribution in [0.3, 0.4) is 0 Å². The lowest BCUT2D eigenvalue weighted by molar-refractivity contribution is 0.320. The highest BCUT2D eigenvalue weighted by molar-refractivity contribution is 6.31. The van der Waals surface area contributed by atoms with Crippen LogP contribution in [0.4, 0.5) is 0 Å². The van der Waals surface area contributed by atoms with Gasteiger partial charge in [-0.25, -0.2) is 4.98 Å². The third kappa shape index (κ3) is 3.91. The van der Waals surface area contributed by atoms with Crippen LogP contribution in [0.1, 0.15) is 18.4 Å². The molecule has 6 heteroatoms. The molecule has 1 aromatic heterocycles. The maximum absolute atomic E-state index is 6.48. The highest BCUT2D eigenvalue weighted by Crippen LogP contribution is 2.35. The third-order valence-electron chi connectivity index (χ3n) is 4.08. The Kier molecular flexibility index (Phi) is 5.43. The van der Waals surface area contributed by atoms with Gasteiger partial charge in [0.1, 0.15) is 17.2 Å². The maximum Gasteiger partial charge on any atom is 0.213 e. The highest BCUT2D eigenvalue weighted by Gasteiger charge is 2.18. The molecule has 24 heavy (non-hydrogen) atoms. The molecule has 3 rings (SSSR count). The van der Waals surface area contributed by atoms with Gasteiger partial charge in [-0.2, -0.15) is 0 Å². The molecule has 0 unspecified atom stereocenters. The van der Waals surface area contributed by atoms with Gasteiger partial charge in [0, 0.05) is 30.3 Å². The van der Waals surface area contributed by atoms with E-state index in [0.717, 1.165) is 30.9 Å². The van der Waals surface area contributed by atoms with Crippen LogP contribution in [0.15, 0.2) is 30.5 Å². The van der Waals surface area contributed by atoms with Gasteiger partial charge < -0.3 is 14.2 Å². The summed E-state index contributed by atoms with van der Waals surface area (Å²) in [5.41, 5.74) is 1.00. The van der Waals surface area contributed by atoms with Crippen LogP contribution in [-0.2, 0) is 6.54 Å². The van der Waals surface area contributed by atoms with Crippen molar-refractivity contribution in [2.24, 2.45) is 0 Å². The van der Waals surface area contributed by atoms with Gasteiger partial charge in [0.25, 0.3) is 0 Å². The van der Waals surface area contributed by atoms with E-state index < -0.39 is 0 Å². The quantitative estimate of drug-likeness (QED) is 0.785. The predicted octanol–water partition coefficient (Wildman–Crippen LogP) is 4.14. The van der Waals surface area contributed by atoms with Crippen LogP contribution in [0.2, 0.25) is 5.02 Å². The number of pyridine rings is 1. The second kappa shape index (κ2) is 7.73. The van der Waals surface area contributed by atoms with Crippen molar-refractivity contribution in [3.63, 3.8) is 0 Å². The molecule has 0 saturated carbocycles. The number of likely N-dealkylation sites (tertiary alicyclic amines) is 1. The lowest BCUT2D eigenvalue weighted by atomic mass is 10.1. The Balaban J connectivity index is 1.79. The van der Waals surface area contributed by atoms with Crippen LogP contribution < -0.4 is 14.2 Å². The molecular weight excluding hydrogens is 328 g/mol. The summed E-state index contributed by atoms with van der Waals surface area (Å²) in [6.45, 7) is 3.01. The van der Waals surface area contributed by atoms with E-state index in [-0.39, 0.29) is 0 Å². The summed E-state index contributed by atoms with van der Waals surface area (Å²) < 4.78 is 16.4. The summed E-state index contributed by atoms with van der Waals surface area (Å²) in [5.74, 6) is 2.51. The van der Waals surface area contributed by atoms with Gasteiger partial charge in [0.2, 0.25) is 5.88 Å². The summed E-state index contributed by atoms with van der Waals surface area (Å²) in [6, 6.07) is 7.22. The lowest BCUT2D eigenvalue weighted by Gasteiger charge is -2.19. The lowest BCUT2D eigenvalue weighted by Crippen LogP contribution is -2.19. The van der Waals surface area contributed by atoms with Gasteiger partial charge in [0.15, 0.2) is 0 Å². The molecule has 1 aliphatic heterocycles. The van der Waals surface area contributed by atoms with E-state index in [9.17, 15) is 0 Å². The van der Waals surface area contributed by atoms with E-state index in [1.54, 1.807) is 32.5 Å². The molecule has 1 saturated heterocycles. The standard InChI is InChI=1S/C18H21ClN2O3/c1-22-17-10-14(24-13-5-6-18(23-2)20-11-13)9-16(19)15(17)12-21-7-3-4-8-21/h5-6,9-11H,3-4,7-8,12H2,1-2H3. The maximum atomic E-state index is 6.48. The fraction of sp³-hybridized carbons (Fsp3) is 0.389. The van der Waals surface area contributed by atoms with E-state index in [1.165, 1.54) is 12.8 Å². The third-order valence-corrected chi connectivity index (χ3v) is 4.42. The zero-order chi connectivity index (χ0) is 16.9. The van der Waals surface area contributed by atoms with Gasteiger partial charge >= 0.3 is 0 Å². The van der Waals surface area contributed by atoms with Crippen molar-refractivity contribution in [2.75, 3.05) is 27.3 Å². The second-order valence-corrected chi connectivity index (χ2v) is 6.11. The fourth-order valence-corrected chi connectivity index (χ4v) is 3.09. The minimum Gasteiger partial charge on any atom is -0.496 e. The number of halogens is 1. The van der Waals surface area contributed by atoms with Crippen molar-refractivity contribution in [3.8, 4) is 23.1 Å². The van der Waals surface area contributed by atoms with E-state index in [1.807, 2.05) is 12.1 Å². The summed E-state index contributed by atoms with van der Waals surface area (Å²) in [6.07, 6.45) is 4.09. The van der Waals surface area contributed by atoms with Gasteiger partial charge in [-0.3, -0.25) is 4.90 Å². The molecule has 0 N–H and O–H groups in total. The van der Waals surface area contributed by atoms with Gasteiger partial charge in [-0.1, -0.05) is 11.6 Å². The van der Waals surface area contributed by atoms with E-state index >= 15 is 0 Å². The topological polar surface area (TPSA) is 43.8 Å². The molecule has 0 spiro atoms. The summed E-state index contributed by atoms with van der Waals surface area (Å²) in [7, 11) is 3.23. The van der Waals surface area contributed by atoms with Crippen LogP contribution in [0.5, 0.6) is 23.1 Å². The van der Waals surface area contributed by atoms with Crippen molar-refractivity contribution in [2.45, 2.75) is 19.4 Å². The van der Waals surface area contributed by atoms with Crippen molar-refractivity contribution in [3.05, 3.63) is 41.0 Å². The number of methoxy groups -OCH3 is 2. The molecule has 1 aromatic carbocycles. The van der Waals surface area contributed by atoms with Crippen LogP contribution in [0.25, 0.3) is 0 Å². The molecule has 2 heterocycles. The van der Waals surface area contributed by atoms with Gasteiger partial charge in [-0.05, 0) is 32.0 Å². The number of hydrogen-bond donors (Lipinski definition) is 0. The molecule has 0 aliphatic carbocycles. The monoisotopic (exact) mass is 348 g/mol. The smallest absolute Gasteiger partial charge is 0.213 e. The number of benzene rings is 1. The molecular formula is C18H21ClN2O3. The Hall–Kier alpha value is -1.98. The van der Waals surface area contributed by atoms with E-state index in [2.05, 4.69) is 9.88 Å². The Morgan fingerprint density at radius 2 is 1.88 bits per heavy atom. The molecule has 1 aliphatic rings. The first-order chi connectivity index (χ1) is 11.7. The number of aromatic nitrogens is 1. The number of ether oxygens (including phenoxy) is 3. The molecule has 0 atom stereocenters.